The summed E-state index contributed by atoms with van der Waals surface area (Å²) >= 11 is 0. The second kappa shape index (κ2) is 6.53. The average molecular weight is 263 g/mol. The SMILES string of the molecule is O=C(Nc1cnn(CCF)c1)OCc1ccccc1. The molecule has 0 saturated carbocycles. The van der Waals surface area contributed by atoms with Crippen molar-refractivity contribution >= 4 is 11.8 Å². The van der Waals surface area contributed by atoms with Crippen LogP contribution in [-0.2, 0) is 17.9 Å². The van der Waals surface area contributed by atoms with Crippen LogP contribution in [-0.4, -0.2) is 22.5 Å². The van der Waals surface area contributed by atoms with E-state index in [9.17, 15) is 9.18 Å². The van der Waals surface area contributed by atoms with Gasteiger partial charge in [-0.2, -0.15) is 5.10 Å². The number of benzene rings is 1. The second-order valence-electron chi connectivity index (χ2n) is 3.87. The summed E-state index contributed by atoms with van der Waals surface area (Å²) in [5.41, 5.74) is 1.39. The Bertz CT molecular complexity index is 528. The van der Waals surface area contributed by atoms with E-state index >= 15 is 0 Å². The summed E-state index contributed by atoms with van der Waals surface area (Å²) in [6.07, 6.45) is 2.42. The van der Waals surface area contributed by atoms with Crippen molar-refractivity contribution in [1.29, 1.82) is 0 Å². The van der Waals surface area contributed by atoms with Gasteiger partial charge in [0.25, 0.3) is 0 Å². The van der Waals surface area contributed by atoms with Crippen molar-refractivity contribution in [3.8, 4) is 0 Å². The summed E-state index contributed by atoms with van der Waals surface area (Å²) in [5, 5.41) is 6.41. The molecule has 0 fully saturated rings. The Kier molecular flexibility index (Phi) is 4.49. The van der Waals surface area contributed by atoms with E-state index in [4.69, 9.17) is 4.74 Å². The summed E-state index contributed by atoms with van der Waals surface area (Å²) in [5.74, 6) is 0. The monoisotopic (exact) mass is 263 g/mol. The molecule has 0 atom stereocenters. The minimum atomic E-state index is -0.566. The van der Waals surface area contributed by atoms with Crippen molar-refractivity contribution in [1.82, 2.24) is 9.78 Å². The quantitative estimate of drug-likeness (QED) is 0.902. The normalized spacial score (nSPS) is 10.2. The maximum atomic E-state index is 12.1. The number of ether oxygens (including phenoxy) is 1. The molecular formula is C13H14FN3O2. The Balaban J connectivity index is 1.80. The Morgan fingerprint density at radius 3 is 2.89 bits per heavy atom. The van der Waals surface area contributed by atoms with E-state index in [0.29, 0.717) is 5.69 Å². The summed E-state index contributed by atoms with van der Waals surface area (Å²) in [6, 6.07) is 9.37. The lowest BCUT2D eigenvalue weighted by Crippen LogP contribution is -2.13. The number of hydrogen-bond donors (Lipinski definition) is 1. The van der Waals surface area contributed by atoms with E-state index in [1.807, 2.05) is 30.3 Å². The number of hydrogen-bond acceptors (Lipinski definition) is 3. The third-order valence-electron chi connectivity index (χ3n) is 2.41. The first-order valence-corrected chi connectivity index (χ1v) is 5.84. The van der Waals surface area contributed by atoms with Gasteiger partial charge in [0.1, 0.15) is 13.3 Å². The molecule has 5 nitrogen and oxygen atoms in total. The number of rotatable bonds is 5. The van der Waals surface area contributed by atoms with E-state index in [-0.39, 0.29) is 13.2 Å². The predicted octanol–water partition coefficient (Wildman–Crippen LogP) is 2.60. The molecule has 1 N–H and O–H groups in total. The fourth-order valence-electron chi connectivity index (χ4n) is 1.51. The minimum absolute atomic E-state index is 0.167. The molecule has 0 bridgehead atoms. The lowest BCUT2D eigenvalue weighted by atomic mass is 10.2. The van der Waals surface area contributed by atoms with Crippen LogP contribution in [0.3, 0.4) is 0 Å². The van der Waals surface area contributed by atoms with Crippen molar-refractivity contribution in [3.63, 3.8) is 0 Å². The number of halogens is 1. The molecule has 1 aromatic heterocycles. The third-order valence-corrected chi connectivity index (χ3v) is 2.41. The van der Waals surface area contributed by atoms with Crippen LogP contribution in [0.15, 0.2) is 42.7 Å². The molecule has 0 saturated heterocycles. The van der Waals surface area contributed by atoms with Crippen molar-refractivity contribution in [2.24, 2.45) is 0 Å². The first kappa shape index (κ1) is 13.1. The van der Waals surface area contributed by atoms with Gasteiger partial charge in [0.15, 0.2) is 0 Å². The molecule has 0 unspecified atom stereocenters. The van der Waals surface area contributed by atoms with Gasteiger partial charge >= 0.3 is 6.09 Å². The number of aromatic nitrogens is 2. The number of aryl methyl sites for hydroxylation is 1. The highest BCUT2D eigenvalue weighted by Gasteiger charge is 2.05. The standard InChI is InChI=1S/C13H14FN3O2/c14-6-7-17-9-12(8-15-17)16-13(18)19-10-11-4-2-1-3-5-11/h1-5,8-9H,6-7,10H2,(H,16,18). The molecular weight excluding hydrogens is 249 g/mol. The molecule has 2 aromatic rings. The maximum absolute atomic E-state index is 12.1. The summed E-state index contributed by atoms with van der Waals surface area (Å²) in [6.45, 7) is -0.133. The van der Waals surface area contributed by atoms with E-state index < -0.39 is 12.8 Å². The van der Waals surface area contributed by atoms with Crippen LogP contribution in [0.2, 0.25) is 0 Å². The topological polar surface area (TPSA) is 56.2 Å². The fourth-order valence-corrected chi connectivity index (χ4v) is 1.51. The first-order valence-electron chi connectivity index (χ1n) is 5.84. The molecule has 19 heavy (non-hydrogen) atoms. The van der Waals surface area contributed by atoms with Crippen molar-refractivity contribution in [2.45, 2.75) is 13.2 Å². The molecule has 1 heterocycles. The van der Waals surface area contributed by atoms with Gasteiger partial charge in [0.05, 0.1) is 18.4 Å². The van der Waals surface area contributed by atoms with Crippen LogP contribution in [0.25, 0.3) is 0 Å². The Hall–Kier alpha value is -2.37. The number of carbonyl (C=O) groups excluding carboxylic acids is 1. The van der Waals surface area contributed by atoms with Crippen LogP contribution < -0.4 is 5.32 Å². The number of nitrogens with zero attached hydrogens (tertiary/aromatic N) is 2. The van der Waals surface area contributed by atoms with Crippen LogP contribution in [0.5, 0.6) is 0 Å². The summed E-state index contributed by atoms with van der Waals surface area (Å²) in [4.78, 5) is 11.5. The largest absolute Gasteiger partial charge is 0.444 e. The number of carbonyl (C=O) groups is 1. The van der Waals surface area contributed by atoms with Crippen LogP contribution in [0.1, 0.15) is 5.56 Å². The minimum Gasteiger partial charge on any atom is -0.444 e. The van der Waals surface area contributed by atoms with Gasteiger partial charge in [-0.25, -0.2) is 9.18 Å². The molecule has 0 aliphatic heterocycles. The van der Waals surface area contributed by atoms with Crippen molar-refractivity contribution < 1.29 is 13.9 Å². The third kappa shape index (κ3) is 4.09. The zero-order valence-corrected chi connectivity index (χ0v) is 10.3. The van der Waals surface area contributed by atoms with Gasteiger partial charge in [-0.3, -0.25) is 10.00 Å². The van der Waals surface area contributed by atoms with Crippen LogP contribution in [0, 0.1) is 0 Å². The van der Waals surface area contributed by atoms with Gasteiger partial charge in [0.2, 0.25) is 0 Å². The Labute approximate surface area is 110 Å². The fraction of sp³-hybridized carbons (Fsp3) is 0.231. The molecule has 100 valence electrons. The second-order valence-corrected chi connectivity index (χ2v) is 3.87. The number of alkyl halides is 1. The highest BCUT2D eigenvalue weighted by molar-refractivity contribution is 5.84. The lowest BCUT2D eigenvalue weighted by molar-refractivity contribution is 0.155. The molecule has 1 aromatic carbocycles. The van der Waals surface area contributed by atoms with Gasteiger partial charge < -0.3 is 4.74 Å². The van der Waals surface area contributed by atoms with E-state index in [0.717, 1.165) is 5.56 Å². The zero-order valence-electron chi connectivity index (χ0n) is 10.3. The summed E-state index contributed by atoms with van der Waals surface area (Å²) < 4.78 is 18.5. The predicted molar refractivity (Wildman–Crippen MR) is 68.5 cm³/mol. The molecule has 2 rings (SSSR count). The molecule has 0 aliphatic carbocycles. The van der Waals surface area contributed by atoms with Gasteiger partial charge in [-0.05, 0) is 5.56 Å². The van der Waals surface area contributed by atoms with Crippen LogP contribution in [0.4, 0.5) is 14.9 Å². The molecule has 0 aliphatic rings. The molecule has 0 radical (unpaired) electrons. The lowest BCUT2D eigenvalue weighted by Gasteiger charge is -2.05. The number of nitrogens with one attached hydrogen (secondary N) is 1. The highest BCUT2D eigenvalue weighted by Crippen LogP contribution is 2.07. The number of amides is 1. The molecule has 0 spiro atoms. The van der Waals surface area contributed by atoms with Gasteiger partial charge in [-0.1, -0.05) is 30.3 Å². The van der Waals surface area contributed by atoms with E-state index in [1.165, 1.54) is 10.9 Å². The Morgan fingerprint density at radius 2 is 2.16 bits per heavy atom. The smallest absolute Gasteiger partial charge is 0.412 e. The van der Waals surface area contributed by atoms with Crippen LogP contribution >= 0.6 is 0 Å². The maximum Gasteiger partial charge on any atom is 0.412 e. The van der Waals surface area contributed by atoms with Crippen molar-refractivity contribution in [2.75, 3.05) is 12.0 Å². The molecule has 1 amide bonds. The first-order chi connectivity index (χ1) is 9.28. The Morgan fingerprint density at radius 1 is 1.37 bits per heavy atom. The average Bonchev–Trinajstić information content (AvgIpc) is 2.85. The van der Waals surface area contributed by atoms with E-state index in [2.05, 4.69) is 10.4 Å². The highest BCUT2D eigenvalue weighted by atomic mass is 19.1. The molecule has 6 heteroatoms. The van der Waals surface area contributed by atoms with Gasteiger partial charge in [-0.15, -0.1) is 0 Å². The van der Waals surface area contributed by atoms with Crippen molar-refractivity contribution in [3.05, 3.63) is 48.3 Å². The van der Waals surface area contributed by atoms with Gasteiger partial charge in [0, 0.05) is 6.20 Å². The number of anilines is 1. The van der Waals surface area contributed by atoms with E-state index in [1.54, 1.807) is 6.20 Å². The summed E-state index contributed by atoms with van der Waals surface area (Å²) in [7, 11) is 0. The zero-order chi connectivity index (χ0) is 13.5.